The van der Waals surface area contributed by atoms with Gasteiger partial charge in [0.2, 0.25) is 0 Å². The Labute approximate surface area is 127 Å². The second kappa shape index (κ2) is 7.76. The fourth-order valence-corrected chi connectivity index (χ4v) is 2.66. The summed E-state index contributed by atoms with van der Waals surface area (Å²) in [6.45, 7) is 11.6. The molecule has 0 N–H and O–H groups in total. The molecule has 0 saturated carbocycles. The van der Waals surface area contributed by atoms with Gasteiger partial charge in [0.1, 0.15) is 5.82 Å². The van der Waals surface area contributed by atoms with Crippen LogP contribution < -0.4 is 4.90 Å². The summed E-state index contributed by atoms with van der Waals surface area (Å²) in [5.41, 5.74) is 1.80. The lowest BCUT2D eigenvalue weighted by molar-refractivity contribution is 0.0578. The number of piperazine rings is 1. The maximum atomic E-state index is 14.1. The van der Waals surface area contributed by atoms with Crippen LogP contribution in [0.4, 0.5) is 10.1 Å². The van der Waals surface area contributed by atoms with Crippen LogP contribution in [-0.4, -0.2) is 50.3 Å². The van der Waals surface area contributed by atoms with Crippen molar-refractivity contribution in [2.24, 2.45) is 0 Å². The lowest BCUT2D eigenvalue weighted by atomic mass is 10.1. The number of rotatable bonds is 6. The van der Waals surface area contributed by atoms with Crippen LogP contribution in [0.3, 0.4) is 0 Å². The van der Waals surface area contributed by atoms with Crippen LogP contribution in [0.25, 0.3) is 0 Å². The molecule has 0 aliphatic carbocycles. The van der Waals surface area contributed by atoms with Crippen LogP contribution >= 0.6 is 0 Å². The summed E-state index contributed by atoms with van der Waals surface area (Å²) in [5.74, 6) is -0.0917. The highest BCUT2D eigenvalue weighted by molar-refractivity contribution is 5.49. The third-order valence-corrected chi connectivity index (χ3v) is 3.99. The standard InChI is InChI=1S/C17H27FN2O/c1-4-15-5-6-17(16(18)13-15)20-9-7-19(8-10-20)11-12-21-14(2)3/h5-6,13-14H,4,7-12H2,1-3H3. The van der Waals surface area contributed by atoms with Gasteiger partial charge in [-0.25, -0.2) is 4.39 Å². The molecular weight excluding hydrogens is 267 g/mol. The lowest BCUT2D eigenvalue weighted by Gasteiger charge is -2.36. The van der Waals surface area contributed by atoms with Gasteiger partial charge in [0, 0.05) is 32.7 Å². The second-order valence-electron chi connectivity index (χ2n) is 5.89. The van der Waals surface area contributed by atoms with E-state index in [4.69, 9.17) is 4.74 Å². The molecule has 0 unspecified atom stereocenters. The SMILES string of the molecule is CCc1ccc(N2CCN(CCOC(C)C)CC2)c(F)c1. The first kappa shape index (κ1) is 16.2. The van der Waals surface area contributed by atoms with Gasteiger partial charge in [0.25, 0.3) is 0 Å². The highest BCUT2D eigenvalue weighted by atomic mass is 19.1. The fourth-order valence-electron chi connectivity index (χ4n) is 2.66. The zero-order chi connectivity index (χ0) is 15.2. The molecule has 4 heteroatoms. The minimum atomic E-state index is -0.0917. The van der Waals surface area contributed by atoms with Crippen LogP contribution in [-0.2, 0) is 11.2 Å². The van der Waals surface area contributed by atoms with Crippen LogP contribution in [0, 0.1) is 5.82 Å². The molecule has 118 valence electrons. The van der Waals surface area contributed by atoms with Crippen LogP contribution in [0.5, 0.6) is 0 Å². The van der Waals surface area contributed by atoms with E-state index in [0.717, 1.165) is 57.0 Å². The van der Waals surface area contributed by atoms with Crippen molar-refractivity contribution in [3.8, 4) is 0 Å². The molecule has 0 atom stereocenters. The predicted molar refractivity (Wildman–Crippen MR) is 85.5 cm³/mol. The number of ether oxygens (including phenoxy) is 1. The number of halogens is 1. The van der Waals surface area contributed by atoms with Crippen molar-refractivity contribution in [3.63, 3.8) is 0 Å². The minimum absolute atomic E-state index is 0.0917. The highest BCUT2D eigenvalue weighted by Gasteiger charge is 2.19. The molecule has 2 rings (SSSR count). The molecule has 3 nitrogen and oxygen atoms in total. The van der Waals surface area contributed by atoms with Gasteiger partial charge >= 0.3 is 0 Å². The Morgan fingerprint density at radius 3 is 2.48 bits per heavy atom. The van der Waals surface area contributed by atoms with Gasteiger partial charge in [-0.15, -0.1) is 0 Å². The number of anilines is 1. The number of aryl methyl sites for hydroxylation is 1. The molecule has 0 aromatic heterocycles. The van der Waals surface area contributed by atoms with Gasteiger partial charge in [-0.05, 0) is 38.0 Å². The lowest BCUT2D eigenvalue weighted by Crippen LogP contribution is -2.47. The first-order chi connectivity index (χ1) is 10.1. The Hall–Kier alpha value is -1.13. The Kier molecular flexibility index (Phi) is 6.00. The zero-order valence-electron chi connectivity index (χ0n) is 13.4. The molecule has 0 spiro atoms. The van der Waals surface area contributed by atoms with Crippen LogP contribution in [0.15, 0.2) is 18.2 Å². The highest BCUT2D eigenvalue weighted by Crippen LogP contribution is 2.22. The molecular formula is C17H27FN2O. The maximum Gasteiger partial charge on any atom is 0.146 e. The van der Waals surface area contributed by atoms with Crippen molar-refractivity contribution >= 4 is 5.69 Å². The van der Waals surface area contributed by atoms with Crippen molar-refractivity contribution in [1.29, 1.82) is 0 Å². The number of benzene rings is 1. The van der Waals surface area contributed by atoms with E-state index in [0.29, 0.717) is 0 Å². The molecule has 21 heavy (non-hydrogen) atoms. The maximum absolute atomic E-state index is 14.1. The van der Waals surface area contributed by atoms with Gasteiger partial charge in [-0.2, -0.15) is 0 Å². The molecule has 1 fully saturated rings. The van der Waals surface area contributed by atoms with Gasteiger partial charge in [0.05, 0.1) is 18.4 Å². The topological polar surface area (TPSA) is 15.7 Å². The Bertz CT molecular complexity index is 442. The van der Waals surface area contributed by atoms with E-state index < -0.39 is 0 Å². The van der Waals surface area contributed by atoms with Gasteiger partial charge in [-0.1, -0.05) is 13.0 Å². The molecule has 0 amide bonds. The van der Waals surface area contributed by atoms with E-state index >= 15 is 0 Å². The quantitative estimate of drug-likeness (QED) is 0.802. The van der Waals surface area contributed by atoms with E-state index in [2.05, 4.69) is 23.6 Å². The first-order valence-electron chi connectivity index (χ1n) is 7.97. The average Bonchev–Trinajstić information content (AvgIpc) is 2.47. The summed E-state index contributed by atoms with van der Waals surface area (Å²) < 4.78 is 19.7. The molecule has 1 aliphatic heterocycles. The summed E-state index contributed by atoms with van der Waals surface area (Å²) >= 11 is 0. The van der Waals surface area contributed by atoms with Crippen molar-refractivity contribution < 1.29 is 9.13 Å². The minimum Gasteiger partial charge on any atom is -0.377 e. The summed E-state index contributed by atoms with van der Waals surface area (Å²) in [4.78, 5) is 4.53. The second-order valence-corrected chi connectivity index (χ2v) is 5.89. The van der Waals surface area contributed by atoms with Crippen molar-refractivity contribution in [1.82, 2.24) is 4.90 Å². The number of nitrogens with zero attached hydrogens (tertiary/aromatic N) is 2. The first-order valence-corrected chi connectivity index (χ1v) is 7.97. The van der Waals surface area contributed by atoms with Gasteiger partial charge in [0.15, 0.2) is 0 Å². The molecule has 0 bridgehead atoms. The van der Waals surface area contributed by atoms with Crippen LogP contribution in [0.1, 0.15) is 26.3 Å². The largest absolute Gasteiger partial charge is 0.377 e. The number of hydrogen-bond donors (Lipinski definition) is 0. The molecule has 1 aromatic carbocycles. The van der Waals surface area contributed by atoms with Crippen molar-refractivity contribution in [2.45, 2.75) is 33.3 Å². The molecule has 1 heterocycles. The Balaban J connectivity index is 1.83. The van der Waals surface area contributed by atoms with E-state index in [-0.39, 0.29) is 11.9 Å². The normalized spacial score (nSPS) is 16.7. The van der Waals surface area contributed by atoms with Gasteiger partial charge < -0.3 is 9.64 Å². The summed E-state index contributed by atoms with van der Waals surface area (Å²) in [6.07, 6.45) is 1.17. The molecule has 1 aliphatic rings. The predicted octanol–water partition coefficient (Wildman–Crippen LogP) is 2.94. The Morgan fingerprint density at radius 2 is 1.90 bits per heavy atom. The fraction of sp³-hybridized carbons (Fsp3) is 0.647. The molecule has 1 aromatic rings. The molecule has 0 radical (unpaired) electrons. The van der Waals surface area contributed by atoms with E-state index in [1.54, 1.807) is 6.07 Å². The van der Waals surface area contributed by atoms with Crippen molar-refractivity contribution in [3.05, 3.63) is 29.6 Å². The average molecular weight is 294 g/mol. The van der Waals surface area contributed by atoms with E-state index in [9.17, 15) is 4.39 Å². The van der Waals surface area contributed by atoms with Crippen molar-refractivity contribution in [2.75, 3.05) is 44.2 Å². The summed E-state index contributed by atoms with van der Waals surface area (Å²) in [6, 6.07) is 5.62. The third kappa shape index (κ3) is 4.68. The van der Waals surface area contributed by atoms with Crippen LogP contribution in [0.2, 0.25) is 0 Å². The molecule has 1 saturated heterocycles. The van der Waals surface area contributed by atoms with Gasteiger partial charge in [-0.3, -0.25) is 4.90 Å². The van der Waals surface area contributed by atoms with E-state index in [1.807, 2.05) is 19.1 Å². The number of hydrogen-bond acceptors (Lipinski definition) is 3. The smallest absolute Gasteiger partial charge is 0.146 e. The summed E-state index contributed by atoms with van der Waals surface area (Å²) in [5, 5.41) is 0. The Morgan fingerprint density at radius 1 is 1.19 bits per heavy atom. The third-order valence-electron chi connectivity index (χ3n) is 3.99. The summed E-state index contributed by atoms with van der Waals surface area (Å²) in [7, 11) is 0. The zero-order valence-corrected chi connectivity index (χ0v) is 13.4. The monoisotopic (exact) mass is 294 g/mol. The van der Waals surface area contributed by atoms with E-state index in [1.165, 1.54) is 0 Å².